The smallest absolute Gasteiger partial charge is 0.268 e. The topological polar surface area (TPSA) is 62.0 Å². The van der Waals surface area contributed by atoms with Crippen molar-refractivity contribution in [3.05, 3.63) is 34.2 Å². The second kappa shape index (κ2) is 5.66. The van der Waals surface area contributed by atoms with E-state index in [0.29, 0.717) is 5.69 Å². The van der Waals surface area contributed by atoms with Crippen LogP contribution < -0.4 is 10.9 Å². The van der Waals surface area contributed by atoms with Gasteiger partial charge in [0, 0.05) is 11.6 Å². The largest absolute Gasteiger partial charge is 0.345 e. The number of carbonyl (C=O) groups is 1. The molecule has 1 amide bonds. The average molecular weight is 236 g/mol. The van der Waals surface area contributed by atoms with Crippen LogP contribution >= 0.6 is 0 Å². The molecular weight excluding hydrogens is 216 g/mol. The molecule has 2 N–H and O–H groups in total. The van der Waals surface area contributed by atoms with E-state index in [2.05, 4.69) is 31.1 Å². The summed E-state index contributed by atoms with van der Waals surface area (Å²) < 4.78 is 0. The van der Waals surface area contributed by atoms with Crippen LogP contribution in [0.1, 0.15) is 50.5 Å². The Morgan fingerprint density at radius 1 is 1.24 bits per heavy atom. The monoisotopic (exact) mass is 236 g/mol. The first-order valence-corrected chi connectivity index (χ1v) is 6.08. The fourth-order valence-electron chi connectivity index (χ4n) is 1.90. The number of aromatic nitrogens is 1. The Morgan fingerprint density at radius 2 is 1.82 bits per heavy atom. The SMILES string of the molecule is CCC(CC)(CC)NC(=O)c1cccc(=O)[nH]1. The maximum absolute atomic E-state index is 12.0. The maximum atomic E-state index is 12.0. The zero-order valence-corrected chi connectivity index (χ0v) is 10.7. The second-order valence-corrected chi connectivity index (χ2v) is 4.22. The number of rotatable bonds is 5. The highest BCUT2D eigenvalue weighted by atomic mass is 16.2. The molecule has 0 aliphatic heterocycles. The van der Waals surface area contributed by atoms with E-state index in [0.717, 1.165) is 19.3 Å². The minimum Gasteiger partial charge on any atom is -0.345 e. The lowest BCUT2D eigenvalue weighted by atomic mass is 9.89. The van der Waals surface area contributed by atoms with Crippen LogP contribution in [0.5, 0.6) is 0 Å². The van der Waals surface area contributed by atoms with Crippen molar-refractivity contribution >= 4 is 5.91 Å². The van der Waals surface area contributed by atoms with Gasteiger partial charge in [0.25, 0.3) is 5.91 Å². The van der Waals surface area contributed by atoms with Crippen LogP contribution in [0, 0.1) is 0 Å². The van der Waals surface area contributed by atoms with Crippen LogP contribution in [0.25, 0.3) is 0 Å². The van der Waals surface area contributed by atoms with E-state index in [1.807, 2.05) is 0 Å². The van der Waals surface area contributed by atoms with Crippen LogP contribution in [-0.4, -0.2) is 16.4 Å². The molecule has 4 nitrogen and oxygen atoms in total. The second-order valence-electron chi connectivity index (χ2n) is 4.22. The maximum Gasteiger partial charge on any atom is 0.268 e. The van der Waals surface area contributed by atoms with Gasteiger partial charge in [-0.05, 0) is 25.3 Å². The van der Waals surface area contributed by atoms with E-state index in [-0.39, 0.29) is 17.0 Å². The summed E-state index contributed by atoms with van der Waals surface area (Å²) in [7, 11) is 0. The van der Waals surface area contributed by atoms with Crippen molar-refractivity contribution in [3.8, 4) is 0 Å². The fourth-order valence-corrected chi connectivity index (χ4v) is 1.90. The number of hydrogen-bond acceptors (Lipinski definition) is 2. The first-order chi connectivity index (χ1) is 8.06. The van der Waals surface area contributed by atoms with Crippen molar-refractivity contribution in [2.24, 2.45) is 0 Å². The zero-order chi connectivity index (χ0) is 12.9. The zero-order valence-electron chi connectivity index (χ0n) is 10.7. The van der Waals surface area contributed by atoms with E-state index < -0.39 is 0 Å². The van der Waals surface area contributed by atoms with Gasteiger partial charge >= 0.3 is 0 Å². The van der Waals surface area contributed by atoms with Gasteiger partial charge in [-0.3, -0.25) is 9.59 Å². The molecule has 0 radical (unpaired) electrons. The third-order valence-corrected chi connectivity index (χ3v) is 3.42. The van der Waals surface area contributed by atoms with E-state index in [9.17, 15) is 9.59 Å². The molecule has 0 unspecified atom stereocenters. The molecule has 4 heteroatoms. The molecule has 1 rings (SSSR count). The Labute approximate surface area is 101 Å². The van der Waals surface area contributed by atoms with Gasteiger partial charge in [-0.15, -0.1) is 0 Å². The molecule has 0 saturated heterocycles. The predicted octanol–water partition coefficient (Wildman–Crippen LogP) is 2.07. The third kappa shape index (κ3) is 3.19. The van der Waals surface area contributed by atoms with Crippen LogP contribution in [0.4, 0.5) is 0 Å². The van der Waals surface area contributed by atoms with Crippen molar-refractivity contribution in [2.45, 2.75) is 45.6 Å². The first-order valence-electron chi connectivity index (χ1n) is 6.08. The number of carbonyl (C=O) groups excluding carboxylic acids is 1. The molecule has 0 fully saturated rings. The summed E-state index contributed by atoms with van der Waals surface area (Å²) in [5, 5.41) is 3.01. The molecular formula is C13H20N2O2. The molecule has 0 aliphatic rings. The number of hydrogen-bond donors (Lipinski definition) is 2. The lowest BCUT2D eigenvalue weighted by Crippen LogP contribution is -2.47. The van der Waals surface area contributed by atoms with Crippen LogP contribution in [0.2, 0.25) is 0 Å². The number of nitrogens with one attached hydrogen (secondary N) is 2. The van der Waals surface area contributed by atoms with Crippen molar-refractivity contribution in [1.29, 1.82) is 0 Å². The van der Waals surface area contributed by atoms with Gasteiger partial charge in [-0.25, -0.2) is 0 Å². The van der Waals surface area contributed by atoms with Gasteiger partial charge < -0.3 is 10.3 Å². The van der Waals surface area contributed by atoms with E-state index in [4.69, 9.17) is 0 Å². The molecule has 94 valence electrons. The summed E-state index contributed by atoms with van der Waals surface area (Å²) in [6.07, 6.45) is 2.63. The van der Waals surface area contributed by atoms with E-state index in [1.165, 1.54) is 6.07 Å². The van der Waals surface area contributed by atoms with Gasteiger partial charge in [-0.2, -0.15) is 0 Å². The van der Waals surface area contributed by atoms with Crippen molar-refractivity contribution in [1.82, 2.24) is 10.3 Å². The van der Waals surface area contributed by atoms with Gasteiger partial charge in [0.2, 0.25) is 5.56 Å². The Morgan fingerprint density at radius 3 is 2.29 bits per heavy atom. The highest BCUT2D eigenvalue weighted by Crippen LogP contribution is 2.19. The minimum absolute atomic E-state index is 0.177. The Hall–Kier alpha value is -1.58. The van der Waals surface area contributed by atoms with Crippen molar-refractivity contribution in [3.63, 3.8) is 0 Å². The van der Waals surface area contributed by atoms with Crippen LogP contribution in [0.3, 0.4) is 0 Å². The molecule has 0 aromatic carbocycles. The molecule has 0 aliphatic carbocycles. The summed E-state index contributed by atoms with van der Waals surface area (Å²) >= 11 is 0. The molecule has 17 heavy (non-hydrogen) atoms. The number of H-pyrrole nitrogens is 1. The summed E-state index contributed by atoms with van der Waals surface area (Å²) in [5.74, 6) is -0.215. The summed E-state index contributed by atoms with van der Waals surface area (Å²) in [5.41, 5.74) is -0.117. The van der Waals surface area contributed by atoms with E-state index >= 15 is 0 Å². The number of pyridine rings is 1. The van der Waals surface area contributed by atoms with Gasteiger partial charge in [0.15, 0.2) is 0 Å². The Balaban J connectivity index is 2.88. The quantitative estimate of drug-likeness (QED) is 0.822. The number of amides is 1. The number of aromatic amines is 1. The lowest BCUT2D eigenvalue weighted by molar-refractivity contribution is 0.0882. The highest BCUT2D eigenvalue weighted by molar-refractivity contribution is 5.92. The third-order valence-electron chi connectivity index (χ3n) is 3.42. The van der Waals surface area contributed by atoms with Crippen molar-refractivity contribution in [2.75, 3.05) is 0 Å². The predicted molar refractivity (Wildman–Crippen MR) is 68.1 cm³/mol. The van der Waals surface area contributed by atoms with Gasteiger partial charge in [-0.1, -0.05) is 26.8 Å². The summed E-state index contributed by atoms with van der Waals surface area (Å²) in [4.78, 5) is 25.7. The molecule has 0 saturated carbocycles. The standard InChI is InChI=1S/C13H20N2O2/c1-4-13(5-2,6-3)15-12(17)10-8-7-9-11(16)14-10/h7-9H,4-6H2,1-3H3,(H,14,16)(H,15,17). The molecule has 0 bridgehead atoms. The molecule has 0 spiro atoms. The van der Waals surface area contributed by atoms with Gasteiger partial charge in [0.1, 0.15) is 5.69 Å². The first kappa shape index (κ1) is 13.5. The summed E-state index contributed by atoms with van der Waals surface area (Å²) in [6.45, 7) is 6.17. The highest BCUT2D eigenvalue weighted by Gasteiger charge is 2.26. The lowest BCUT2D eigenvalue weighted by Gasteiger charge is -2.31. The van der Waals surface area contributed by atoms with Crippen molar-refractivity contribution < 1.29 is 4.79 Å². The molecule has 1 heterocycles. The fraction of sp³-hybridized carbons (Fsp3) is 0.538. The normalized spacial score (nSPS) is 11.2. The van der Waals surface area contributed by atoms with Crippen LogP contribution in [0.15, 0.2) is 23.0 Å². The summed E-state index contributed by atoms with van der Waals surface area (Å²) in [6, 6.07) is 4.59. The van der Waals surface area contributed by atoms with Gasteiger partial charge in [0.05, 0.1) is 0 Å². The molecule has 0 atom stereocenters. The minimum atomic E-state index is -0.257. The Bertz CT molecular complexity index is 425. The van der Waals surface area contributed by atoms with Crippen LogP contribution in [-0.2, 0) is 0 Å². The Kier molecular flexibility index (Phi) is 4.49. The molecule has 1 aromatic rings. The average Bonchev–Trinajstić information content (AvgIpc) is 2.36. The molecule has 1 aromatic heterocycles. The van der Waals surface area contributed by atoms with E-state index in [1.54, 1.807) is 12.1 Å².